The second-order valence-corrected chi connectivity index (χ2v) is 4.82. The van der Waals surface area contributed by atoms with E-state index in [0.717, 1.165) is 52.9 Å². The Balaban J connectivity index is 0. The summed E-state index contributed by atoms with van der Waals surface area (Å²) in [7, 11) is 0. The summed E-state index contributed by atoms with van der Waals surface area (Å²) in [5.74, 6) is 0.0185. The molecule has 2 aliphatic rings. The van der Waals surface area contributed by atoms with E-state index in [1.165, 1.54) is 49.1 Å². The van der Waals surface area contributed by atoms with Gasteiger partial charge in [-0.15, -0.1) is 11.5 Å². The van der Waals surface area contributed by atoms with E-state index in [4.69, 9.17) is 18.9 Å². The maximum atomic E-state index is 10.2. The Morgan fingerprint density at radius 3 is 0.821 bits per heavy atom. The number of hydrogen-bond acceptors (Lipinski definition) is 8. The Morgan fingerprint density at radius 2 is 0.714 bits per heavy atom. The summed E-state index contributed by atoms with van der Waals surface area (Å²) in [6.07, 6.45) is 5.90. The van der Waals surface area contributed by atoms with Crippen molar-refractivity contribution in [1.29, 1.82) is 0 Å². The Labute approximate surface area is 189 Å². The van der Waals surface area contributed by atoms with E-state index in [1.54, 1.807) is 0 Å². The van der Waals surface area contributed by atoms with Gasteiger partial charge in [0.2, 0.25) is 0 Å². The van der Waals surface area contributed by atoms with E-state index in [1.807, 2.05) is 0 Å². The third-order valence-corrected chi connectivity index (χ3v) is 2.79. The number of ether oxygens (including phenoxy) is 4. The van der Waals surface area contributed by atoms with E-state index in [0.29, 0.717) is 0 Å². The number of pyridine rings is 2. The summed E-state index contributed by atoms with van der Waals surface area (Å²) < 4.78 is 19.8. The molecule has 10 heteroatoms. The molecule has 0 radical (unpaired) electrons. The monoisotopic (exact) mass is 378 g/mol. The van der Waals surface area contributed by atoms with E-state index in [2.05, 4.69) is 9.97 Å². The van der Waals surface area contributed by atoms with Gasteiger partial charge >= 0.3 is 37.7 Å². The first-order chi connectivity index (χ1) is 12.8. The van der Waals surface area contributed by atoms with Gasteiger partial charge in [-0.2, -0.15) is 0 Å². The van der Waals surface area contributed by atoms with Crippen LogP contribution in [0.15, 0.2) is 49.1 Å². The third-order valence-electron chi connectivity index (χ3n) is 2.79. The van der Waals surface area contributed by atoms with E-state index in [-0.39, 0.29) is 49.2 Å². The number of aromatic nitrogens is 2. The normalized spacial score (nSPS) is 14.6. The number of nitrogens with zero attached hydrogens (tertiary/aromatic N) is 2. The zero-order chi connectivity index (χ0) is 18.7. The van der Waals surface area contributed by atoms with Crippen LogP contribution in [0, 0.1) is 0 Å². The van der Waals surface area contributed by atoms with Gasteiger partial charge in [-0.05, 0) is 0 Å². The fourth-order valence-electron chi connectivity index (χ4n) is 1.56. The second kappa shape index (κ2) is 22.2. The molecule has 4 rings (SSSR count). The molecule has 0 aromatic carbocycles. The van der Waals surface area contributed by atoms with Crippen LogP contribution in [-0.4, -0.2) is 62.8 Å². The molecule has 0 unspecified atom stereocenters. The van der Waals surface area contributed by atoms with Gasteiger partial charge in [0.1, 0.15) is 0 Å². The molecule has 0 amide bonds. The molecule has 0 bridgehead atoms. The van der Waals surface area contributed by atoms with Crippen LogP contribution in [0.5, 0.6) is 11.5 Å². The fourth-order valence-corrected chi connectivity index (χ4v) is 1.56. The van der Waals surface area contributed by atoms with Crippen molar-refractivity contribution in [3.63, 3.8) is 0 Å². The Hall–Kier alpha value is -1.07. The van der Waals surface area contributed by atoms with Gasteiger partial charge in [-0.3, -0.25) is 9.97 Å². The van der Waals surface area contributed by atoms with Crippen LogP contribution in [0.3, 0.4) is 0 Å². The van der Waals surface area contributed by atoms with Crippen molar-refractivity contribution in [3.05, 3.63) is 49.1 Å². The first-order valence-corrected chi connectivity index (χ1v) is 8.24. The molecule has 0 atom stereocenters. The maximum Gasteiger partial charge on any atom is 1.00 e. The van der Waals surface area contributed by atoms with Crippen molar-refractivity contribution >= 4 is 0 Å². The summed E-state index contributed by atoms with van der Waals surface area (Å²) in [5, 5.41) is 20.5. The van der Waals surface area contributed by atoms with Crippen molar-refractivity contribution in [2.24, 2.45) is 0 Å². The first-order valence-electron chi connectivity index (χ1n) is 8.24. The Kier molecular flexibility index (Phi) is 23.1. The molecule has 2 fully saturated rings. The molecule has 2 aliphatic heterocycles. The van der Waals surface area contributed by atoms with Gasteiger partial charge in [0.15, 0.2) is 0 Å². The van der Waals surface area contributed by atoms with Gasteiger partial charge in [0, 0.05) is 24.8 Å². The molecule has 2 saturated heterocycles. The molecule has 8 nitrogen and oxygen atoms in total. The smallest absolute Gasteiger partial charge is 0.872 e. The zero-order valence-electron chi connectivity index (χ0n) is 16.6. The standard InChI is InChI=1S/2C5H5NO.2C4H8O2.2Li/c2*7-5-1-3-6-4-2-5;2*1-2-6-4-3-5-1;;/h2*1-4H,(H,6,7);2*1-4H2;;/q;;;;2*+1/p-2. The molecule has 2 aromatic rings. The second-order valence-electron chi connectivity index (χ2n) is 4.82. The molecule has 4 heterocycles. The summed E-state index contributed by atoms with van der Waals surface area (Å²) in [5.41, 5.74) is 0. The van der Waals surface area contributed by atoms with Gasteiger partial charge < -0.3 is 29.2 Å². The molecule has 0 spiro atoms. The Bertz CT molecular complexity index is 460. The molecular weight excluding hydrogens is 354 g/mol. The first kappa shape index (κ1) is 29.1. The molecule has 144 valence electrons. The largest absolute Gasteiger partial charge is 1.00 e. The summed E-state index contributed by atoms with van der Waals surface area (Å²) in [6.45, 7) is 6.22. The minimum atomic E-state index is 0. The third kappa shape index (κ3) is 19.7. The van der Waals surface area contributed by atoms with Gasteiger partial charge in [0.05, 0.1) is 52.9 Å². The minimum Gasteiger partial charge on any atom is -0.872 e. The van der Waals surface area contributed by atoms with Crippen LogP contribution in [0.1, 0.15) is 0 Å². The summed E-state index contributed by atoms with van der Waals surface area (Å²) in [6, 6.07) is 5.67. The summed E-state index contributed by atoms with van der Waals surface area (Å²) in [4.78, 5) is 7.29. The van der Waals surface area contributed by atoms with Crippen molar-refractivity contribution in [2.75, 3.05) is 52.9 Å². The molecule has 2 aromatic heterocycles. The SMILES string of the molecule is C1COCCO1.C1COCCO1.[Li+].[Li+].[O-]c1ccncc1.[O-]c1ccncc1. The van der Waals surface area contributed by atoms with Crippen molar-refractivity contribution in [1.82, 2.24) is 9.97 Å². The maximum absolute atomic E-state index is 10.2. The van der Waals surface area contributed by atoms with Gasteiger partial charge in [-0.1, -0.05) is 24.3 Å². The molecule has 0 saturated carbocycles. The van der Waals surface area contributed by atoms with Crippen LogP contribution in [-0.2, 0) is 18.9 Å². The average molecular weight is 378 g/mol. The number of rotatable bonds is 0. The average Bonchev–Trinajstić information content (AvgIpc) is 2.73. The molecule has 0 N–H and O–H groups in total. The van der Waals surface area contributed by atoms with Crippen LogP contribution in [0.25, 0.3) is 0 Å². The minimum absolute atomic E-state index is 0. The predicted molar refractivity (Wildman–Crippen MR) is 90.6 cm³/mol. The van der Waals surface area contributed by atoms with E-state index >= 15 is 0 Å². The molecule has 0 aliphatic carbocycles. The number of hydrogen-bond donors (Lipinski definition) is 0. The van der Waals surface area contributed by atoms with Crippen molar-refractivity contribution < 1.29 is 66.9 Å². The van der Waals surface area contributed by atoms with Crippen LogP contribution >= 0.6 is 0 Å². The van der Waals surface area contributed by atoms with E-state index in [9.17, 15) is 10.2 Å². The van der Waals surface area contributed by atoms with E-state index < -0.39 is 0 Å². The van der Waals surface area contributed by atoms with Crippen molar-refractivity contribution in [3.8, 4) is 11.5 Å². The topological polar surface area (TPSA) is 109 Å². The van der Waals surface area contributed by atoms with Gasteiger partial charge in [0.25, 0.3) is 0 Å². The Morgan fingerprint density at radius 1 is 0.500 bits per heavy atom. The molecule has 28 heavy (non-hydrogen) atoms. The quantitative estimate of drug-likeness (QED) is 0.418. The fraction of sp³-hybridized carbons (Fsp3) is 0.444. The van der Waals surface area contributed by atoms with Gasteiger partial charge in [-0.25, -0.2) is 0 Å². The predicted octanol–water partition coefficient (Wildman–Crippen LogP) is -5.62. The molecular formula is C18H24Li2N2O6. The zero-order valence-corrected chi connectivity index (χ0v) is 16.6. The van der Waals surface area contributed by atoms with Crippen LogP contribution in [0.2, 0.25) is 0 Å². The van der Waals surface area contributed by atoms with Crippen LogP contribution < -0.4 is 47.9 Å². The van der Waals surface area contributed by atoms with Crippen molar-refractivity contribution in [2.45, 2.75) is 0 Å². The summed E-state index contributed by atoms with van der Waals surface area (Å²) >= 11 is 0. The van der Waals surface area contributed by atoms with Crippen LogP contribution in [0.4, 0.5) is 0 Å².